The van der Waals surface area contributed by atoms with Crippen molar-refractivity contribution >= 4 is 34.5 Å². The lowest BCUT2D eigenvalue weighted by molar-refractivity contribution is -0.143. The first-order valence-electron chi connectivity index (χ1n) is 10.6. The zero-order valence-corrected chi connectivity index (χ0v) is 19.2. The quantitative estimate of drug-likeness (QED) is 0.363. The molecule has 0 saturated heterocycles. The van der Waals surface area contributed by atoms with Crippen molar-refractivity contribution in [2.75, 3.05) is 6.61 Å². The highest BCUT2D eigenvalue weighted by Gasteiger charge is 2.23. The van der Waals surface area contributed by atoms with Crippen LogP contribution in [0.4, 0.5) is 0 Å². The second kappa shape index (κ2) is 8.35. The van der Waals surface area contributed by atoms with Gasteiger partial charge in [-0.15, -0.1) is 0 Å². The summed E-state index contributed by atoms with van der Waals surface area (Å²) in [4.78, 5) is 43.0. The van der Waals surface area contributed by atoms with E-state index in [0.29, 0.717) is 10.8 Å². The van der Waals surface area contributed by atoms with Crippen LogP contribution in [0.1, 0.15) is 6.92 Å². The normalized spacial score (nSPS) is 11.4. The van der Waals surface area contributed by atoms with E-state index in [4.69, 9.17) is 16.3 Å². The lowest BCUT2D eigenvalue weighted by Crippen LogP contribution is -2.41. The van der Waals surface area contributed by atoms with Gasteiger partial charge in [0, 0.05) is 29.5 Å². The van der Waals surface area contributed by atoms with E-state index in [0.717, 1.165) is 21.5 Å². The third-order valence-corrected chi connectivity index (χ3v) is 5.85. The molecule has 5 aromatic rings. The third-order valence-electron chi connectivity index (χ3n) is 5.60. The Morgan fingerprint density at radius 1 is 1.06 bits per heavy atom. The van der Waals surface area contributed by atoms with Gasteiger partial charge in [-0.3, -0.25) is 23.1 Å². The summed E-state index contributed by atoms with van der Waals surface area (Å²) < 4.78 is 10.6. The number of aromatic nitrogens is 5. The molecule has 0 aliphatic heterocycles. The summed E-state index contributed by atoms with van der Waals surface area (Å²) in [6.07, 6.45) is 1.80. The van der Waals surface area contributed by atoms with Gasteiger partial charge < -0.3 is 4.74 Å². The molecule has 9 nitrogen and oxygen atoms in total. The van der Waals surface area contributed by atoms with Gasteiger partial charge in [0.05, 0.1) is 12.3 Å². The monoisotopic (exact) mass is 477 g/mol. The van der Waals surface area contributed by atoms with Gasteiger partial charge in [-0.2, -0.15) is 4.98 Å². The molecule has 0 fully saturated rings. The predicted octanol–water partition coefficient (Wildman–Crippen LogP) is 3.02. The van der Waals surface area contributed by atoms with Crippen LogP contribution in [0.5, 0.6) is 0 Å². The molecule has 0 atom stereocenters. The van der Waals surface area contributed by atoms with Gasteiger partial charge in [0.25, 0.3) is 5.56 Å². The molecule has 0 unspecified atom stereocenters. The molecule has 34 heavy (non-hydrogen) atoms. The van der Waals surface area contributed by atoms with Crippen molar-refractivity contribution in [3.05, 3.63) is 86.7 Å². The Morgan fingerprint density at radius 3 is 2.44 bits per heavy atom. The summed E-state index contributed by atoms with van der Waals surface area (Å²) in [6.45, 7) is 1.33. The third kappa shape index (κ3) is 3.41. The van der Waals surface area contributed by atoms with E-state index in [1.165, 1.54) is 11.6 Å². The molecule has 172 valence electrons. The van der Waals surface area contributed by atoms with Crippen molar-refractivity contribution in [2.45, 2.75) is 13.5 Å². The Morgan fingerprint density at radius 2 is 1.76 bits per heavy atom. The van der Waals surface area contributed by atoms with Crippen LogP contribution in [0.3, 0.4) is 0 Å². The van der Waals surface area contributed by atoms with Gasteiger partial charge in [-0.1, -0.05) is 41.9 Å². The number of rotatable bonds is 5. The van der Waals surface area contributed by atoms with Gasteiger partial charge in [0.1, 0.15) is 6.54 Å². The van der Waals surface area contributed by atoms with Crippen LogP contribution < -0.4 is 11.2 Å². The fourth-order valence-corrected chi connectivity index (χ4v) is 4.15. The summed E-state index contributed by atoms with van der Waals surface area (Å²) in [5.41, 5.74) is 1.62. The fourth-order valence-electron chi connectivity index (χ4n) is 4.03. The largest absolute Gasteiger partial charge is 0.465 e. The van der Waals surface area contributed by atoms with E-state index in [1.807, 2.05) is 47.0 Å². The zero-order chi connectivity index (χ0) is 24.0. The maximum absolute atomic E-state index is 13.4. The minimum absolute atomic E-state index is 0.150. The molecule has 10 heteroatoms. The second-order valence-corrected chi connectivity index (χ2v) is 8.12. The molecule has 2 aromatic carbocycles. The highest BCUT2D eigenvalue weighted by molar-refractivity contribution is 6.30. The number of fused-ring (bicyclic) bond motifs is 3. The number of benzene rings is 2. The lowest BCUT2D eigenvalue weighted by atomic mass is 10.1. The van der Waals surface area contributed by atoms with Crippen molar-refractivity contribution in [1.82, 2.24) is 23.1 Å². The number of halogens is 1. The molecule has 0 bridgehead atoms. The molecule has 0 N–H and O–H groups in total. The zero-order valence-electron chi connectivity index (χ0n) is 18.4. The molecule has 0 radical (unpaired) electrons. The molecule has 0 aliphatic carbocycles. The number of imidazole rings is 2. The number of carbonyl (C=O) groups is 1. The number of aryl methyl sites for hydroxylation is 1. The van der Waals surface area contributed by atoms with Crippen LogP contribution in [0.15, 0.2) is 70.4 Å². The van der Waals surface area contributed by atoms with Crippen LogP contribution in [0, 0.1) is 0 Å². The highest BCUT2D eigenvalue weighted by atomic mass is 35.5. The molecule has 3 heterocycles. The Labute approximate surface area is 198 Å². The first-order valence-corrected chi connectivity index (χ1v) is 11.0. The van der Waals surface area contributed by atoms with Crippen molar-refractivity contribution in [1.29, 1.82) is 0 Å². The number of esters is 1. The topological polar surface area (TPSA) is 92.5 Å². The van der Waals surface area contributed by atoms with Crippen LogP contribution in [-0.2, 0) is 23.1 Å². The Balaban J connectivity index is 1.86. The fraction of sp³-hybridized carbons (Fsp3) is 0.167. The van der Waals surface area contributed by atoms with Gasteiger partial charge in [-0.05, 0) is 31.2 Å². The minimum Gasteiger partial charge on any atom is -0.465 e. The number of carbonyl (C=O) groups excluding carboxylic acids is 1. The number of hydrogen-bond donors (Lipinski definition) is 0. The van der Waals surface area contributed by atoms with Crippen LogP contribution in [0.25, 0.3) is 33.9 Å². The van der Waals surface area contributed by atoms with Gasteiger partial charge in [-0.25, -0.2) is 9.36 Å². The standard InChI is InChI=1S/C24H20ClN5O4/c1-3-34-19(31)14-29-22(32)20-21(27(2)24(29)33)26-23-28(20)13-18(15-7-5-4-6-8-15)30(23)17-11-9-16(25)10-12-17/h4-13H,3,14H2,1-2H3. The molecule has 5 rings (SSSR count). The summed E-state index contributed by atoms with van der Waals surface area (Å²) in [5.74, 6) is -0.220. The molecular weight excluding hydrogens is 458 g/mol. The van der Waals surface area contributed by atoms with Crippen molar-refractivity contribution in [3.8, 4) is 16.9 Å². The first kappa shape index (κ1) is 21.7. The Bertz CT molecular complexity index is 1660. The molecule has 0 spiro atoms. The van der Waals surface area contributed by atoms with E-state index >= 15 is 0 Å². The molecule has 0 saturated carbocycles. The van der Waals surface area contributed by atoms with E-state index in [-0.39, 0.29) is 17.8 Å². The summed E-state index contributed by atoms with van der Waals surface area (Å²) in [5, 5.41) is 0.589. The second-order valence-electron chi connectivity index (χ2n) is 7.68. The maximum atomic E-state index is 13.4. The van der Waals surface area contributed by atoms with Crippen LogP contribution >= 0.6 is 11.6 Å². The van der Waals surface area contributed by atoms with E-state index in [2.05, 4.69) is 4.98 Å². The molecular formula is C24H20ClN5O4. The number of hydrogen-bond acceptors (Lipinski definition) is 5. The molecule has 0 aliphatic rings. The smallest absolute Gasteiger partial charge is 0.333 e. The first-order chi connectivity index (χ1) is 16.4. The van der Waals surface area contributed by atoms with Crippen LogP contribution in [0.2, 0.25) is 5.02 Å². The maximum Gasteiger partial charge on any atom is 0.333 e. The van der Waals surface area contributed by atoms with E-state index < -0.39 is 23.8 Å². The number of ether oxygens (including phenoxy) is 1. The molecule has 0 amide bonds. The van der Waals surface area contributed by atoms with Gasteiger partial charge in [0.2, 0.25) is 5.78 Å². The van der Waals surface area contributed by atoms with Crippen LogP contribution in [-0.4, -0.2) is 35.7 Å². The Kier molecular flexibility index (Phi) is 5.33. The Hall–Kier alpha value is -4.11. The molecule has 3 aromatic heterocycles. The summed E-state index contributed by atoms with van der Waals surface area (Å²) in [6, 6.07) is 16.9. The number of nitrogens with zero attached hydrogens (tertiary/aromatic N) is 5. The van der Waals surface area contributed by atoms with Crippen molar-refractivity contribution in [3.63, 3.8) is 0 Å². The lowest BCUT2D eigenvalue weighted by Gasteiger charge is -2.09. The average Bonchev–Trinajstić information content (AvgIpc) is 3.38. The highest BCUT2D eigenvalue weighted by Crippen LogP contribution is 2.29. The van der Waals surface area contributed by atoms with Gasteiger partial charge in [0.15, 0.2) is 11.2 Å². The SMILES string of the molecule is CCOC(=O)Cn1c(=O)c2c(nc3n(-c4ccc(Cl)cc4)c(-c4ccccc4)cn23)n(C)c1=O. The van der Waals surface area contributed by atoms with Crippen molar-refractivity contribution in [2.24, 2.45) is 7.05 Å². The average molecular weight is 478 g/mol. The van der Waals surface area contributed by atoms with E-state index in [9.17, 15) is 14.4 Å². The minimum atomic E-state index is -0.662. The van der Waals surface area contributed by atoms with E-state index in [1.54, 1.807) is 29.7 Å². The van der Waals surface area contributed by atoms with Crippen molar-refractivity contribution < 1.29 is 9.53 Å². The summed E-state index contributed by atoms with van der Waals surface area (Å²) >= 11 is 6.10. The predicted molar refractivity (Wildman–Crippen MR) is 129 cm³/mol. The summed E-state index contributed by atoms with van der Waals surface area (Å²) in [7, 11) is 1.52. The van der Waals surface area contributed by atoms with Gasteiger partial charge >= 0.3 is 11.7 Å².